The number of hydrogen-bond acceptors (Lipinski definition) is 3. The fraction of sp³-hybridized carbons (Fsp3) is 0.846. The van der Waals surface area contributed by atoms with Crippen molar-refractivity contribution in [1.29, 1.82) is 0 Å². The van der Waals surface area contributed by atoms with Gasteiger partial charge in [-0.05, 0) is 33.1 Å². The van der Waals surface area contributed by atoms with Gasteiger partial charge >= 0.3 is 0 Å². The number of nitrogens with one attached hydrogen (secondary N) is 1. The largest absolute Gasteiger partial charge is 0.355 e. The first-order chi connectivity index (χ1) is 8.58. The molecule has 0 aliphatic heterocycles. The van der Waals surface area contributed by atoms with Gasteiger partial charge in [0.15, 0.2) is 0 Å². The lowest BCUT2D eigenvalue weighted by molar-refractivity contribution is -0.131. The summed E-state index contributed by atoms with van der Waals surface area (Å²) in [6.45, 7) is 5.79. The molecule has 0 aromatic carbocycles. The Kier molecular flexibility index (Phi) is 6.12. The lowest BCUT2D eigenvalue weighted by Gasteiger charge is -2.19. The number of amides is 2. The van der Waals surface area contributed by atoms with E-state index in [1.807, 2.05) is 13.8 Å². The smallest absolute Gasteiger partial charge is 0.224 e. The molecule has 1 saturated carbocycles. The molecule has 0 heterocycles. The van der Waals surface area contributed by atoms with Crippen LogP contribution in [0.4, 0.5) is 0 Å². The molecule has 5 heteroatoms. The van der Waals surface area contributed by atoms with Crippen molar-refractivity contribution in [3.63, 3.8) is 0 Å². The molecule has 1 aliphatic rings. The fourth-order valence-electron chi connectivity index (χ4n) is 2.43. The number of nitrogens with two attached hydrogens (primary N) is 1. The second kappa shape index (κ2) is 7.36. The van der Waals surface area contributed by atoms with Crippen LogP contribution in [0.2, 0.25) is 0 Å². The highest BCUT2D eigenvalue weighted by Gasteiger charge is 2.27. The minimum atomic E-state index is 0.0450. The Morgan fingerprint density at radius 2 is 1.94 bits per heavy atom. The molecule has 0 saturated heterocycles. The fourth-order valence-corrected chi connectivity index (χ4v) is 2.43. The van der Waals surface area contributed by atoms with Crippen molar-refractivity contribution >= 4 is 11.8 Å². The Labute approximate surface area is 109 Å². The van der Waals surface area contributed by atoms with E-state index in [2.05, 4.69) is 5.32 Å². The number of nitrogens with zero attached hydrogens (tertiary/aromatic N) is 1. The van der Waals surface area contributed by atoms with E-state index >= 15 is 0 Å². The van der Waals surface area contributed by atoms with Crippen LogP contribution in [-0.4, -0.2) is 42.4 Å². The molecule has 2 amide bonds. The summed E-state index contributed by atoms with van der Waals surface area (Å²) < 4.78 is 0. The van der Waals surface area contributed by atoms with Crippen molar-refractivity contribution in [2.75, 3.05) is 19.6 Å². The predicted molar refractivity (Wildman–Crippen MR) is 70.9 cm³/mol. The molecular formula is C13H25N3O2. The molecule has 5 nitrogen and oxygen atoms in total. The third-order valence-electron chi connectivity index (χ3n) is 3.60. The van der Waals surface area contributed by atoms with Crippen LogP contribution in [0.25, 0.3) is 0 Å². The third-order valence-corrected chi connectivity index (χ3v) is 3.60. The summed E-state index contributed by atoms with van der Waals surface area (Å²) in [6.07, 6.45) is 2.95. The average Bonchev–Trinajstić information content (AvgIpc) is 2.77. The van der Waals surface area contributed by atoms with Gasteiger partial charge in [0.05, 0.1) is 0 Å². The summed E-state index contributed by atoms with van der Waals surface area (Å²) >= 11 is 0. The molecule has 0 aromatic rings. The summed E-state index contributed by atoms with van der Waals surface area (Å²) in [5.74, 6) is 0.197. The Morgan fingerprint density at radius 3 is 2.44 bits per heavy atom. The van der Waals surface area contributed by atoms with Crippen molar-refractivity contribution < 1.29 is 9.59 Å². The van der Waals surface area contributed by atoms with Crippen LogP contribution in [0.1, 0.15) is 39.5 Å². The highest BCUT2D eigenvalue weighted by molar-refractivity contribution is 5.80. The molecule has 0 radical (unpaired) electrons. The highest BCUT2D eigenvalue weighted by atomic mass is 16.2. The van der Waals surface area contributed by atoms with Gasteiger partial charge in [-0.15, -0.1) is 0 Å². The van der Waals surface area contributed by atoms with Crippen molar-refractivity contribution in [2.24, 2.45) is 11.7 Å². The maximum Gasteiger partial charge on any atom is 0.224 e. The molecule has 2 atom stereocenters. The molecule has 18 heavy (non-hydrogen) atoms. The van der Waals surface area contributed by atoms with E-state index in [4.69, 9.17) is 5.73 Å². The van der Waals surface area contributed by atoms with E-state index in [-0.39, 0.29) is 23.8 Å². The quantitative estimate of drug-likeness (QED) is 0.725. The number of hydrogen-bond donors (Lipinski definition) is 2. The molecule has 2 unspecified atom stereocenters. The number of carbonyl (C=O) groups is 2. The van der Waals surface area contributed by atoms with Crippen LogP contribution in [0.3, 0.4) is 0 Å². The Morgan fingerprint density at radius 1 is 1.28 bits per heavy atom. The summed E-state index contributed by atoms with van der Waals surface area (Å²) in [5.41, 5.74) is 5.77. The van der Waals surface area contributed by atoms with Gasteiger partial charge in [-0.1, -0.05) is 0 Å². The summed E-state index contributed by atoms with van der Waals surface area (Å²) in [7, 11) is 0. The Bertz CT molecular complexity index is 290. The number of carbonyl (C=O) groups excluding carboxylic acids is 2. The lowest BCUT2D eigenvalue weighted by atomic mass is 10.1. The van der Waals surface area contributed by atoms with Crippen LogP contribution in [0.15, 0.2) is 0 Å². The zero-order valence-corrected chi connectivity index (χ0v) is 11.4. The van der Waals surface area contributed by atoms with Crippen LogP contribution < -0.4 is 11.1 Å². The molecular weight excluding hydrogens is 230 g/mol. The summed E-state index contributed by atoms with van der Waals surface area (Å²) in [5, 5.41) is 2.84. The molecule has 0 bridgehead atoms. The standard InChI is InChI=1S/C13H25N3O2/c1-3-16(4-2)12(17)7-8-15-13(18)10-5-6-11(14)9-10/h10-11H,3-9,14H2,1-2H3,(H,15,18). The van der Waals surface area contributed by atoms with E-state index in [9.17, 15) is 9.59 Å². The lowest BCUT2D eigenvalue weighted by Crippen LogP contribution is -2.36. The SMILES string of the molecule is CCN(CC)C(=O)CCNC(=O)C1CCC(N)C1. The molecule has 0 aromatic heterocycles. The third kappa shape index (κ3) is 4.29. The monoisotopic (exact) mass is 255 g/mol. The first-order valence-electron chi connectivity index (χ1n) is 6.89. The topological polar surface area (TPSA) is 75.4 Å². The molecule has 1 fully saturated rings. The van der Waals surface area contributed by atoms with Crippen molar-refractivity contribution in [2.45, 2.75) is 45.6 Å². The van der Waals surface area contributed by atoms with Gasteiger partial charge in [-0.3, -0.25) is 9.59 Å². The van der Waals surface area contributed by atoms with Gasteiger partial charge in [0.25, 0.3) is 0 Å². The average molecular weight is 255 g/mol. The maximum absolute atomic E-state index is 11.8. The zero-order valence-electron chi connectivity index (χ0n) is 11.4. The summed E-state index contributed by atoms with van der Waals surface area (Å²) in [6, 6.07) is 0.165. The van der Waals surface area contributed by atoms with E-state index in [0.717, 1.165) is 32.4 Å². The summed E-state index contributed by atoms with van der Waals surface area (Å²) in [4.78, 5) is 25.3. The van der Waals surface area contributed by atoms with E-state index in [1.165, 1.54) is 0 Å². The Balaban J connectivity index is 2.21. The second-order valence-corrected chi connectivity index (χ2v) is 4.88. The predicted octanol–water partition coefficient (Wildman–Crippen LogP) is 0.489. The van der Waals surface area contributed by atoms with E-state index in [1.54, 1.807) is 4.90 Å². The Hall–Kier alpha value is -1.10. The normalized spacial score (nSPS) is 22.8. The van der Waals surface area contributed by atoms with Crippen molar-refractivity contribution in [1.82, 2.24) is 10.2 Å². The van der Waals surface area contributed by atoms with E-state index < -0.39 is 0 Å². The zero-order chi connectivity index (χ0) is 13.5. The van der Waals surface area contributed by atoms with Crippen molar-refractivity contribution in [3.8, 4) is 0 Å². The highest BCUT2D eigenvalue weighted by Crippen LogP contribution is 2.23. The molecule has 104 valence electrons. The van der Waals surface area contributed by atoms with Crippen LogP contribution >= 0.6 is 0 Å². The van der Waals surface area contributed by atoms with E-state index in [0.29, 0.717) is 13.0 Å². The van der Waals surface area contributed by atoms with Gasteiger partial charge < -0.3 is 16.0 Å². The van der Waals surface area contributed by atoms with Gasteiger partial charge in [-0.2, -0.15) is 0 Å². The van der Waals surface area contributed by atoms with Crippen LogP contribution in [-0.2, 0) is 9.59 Å². The van der Waals surface area contributed by atoms with Crippen LogP contribution in [0, 0.1) is 5.92 Å². The van der Waals surface area contributed by atoms with Gasteiger partial charge in [0, 0.05) is 38.0 Å². The molecule has 3 N–H and O–H groups in total. The first-order valence-corrected chi connectivity index (χ1v) is 6.89. The molecule has 1 rings (SSSR count). The second-order valence-electron chi connectivity index (χ2n) is 4.88. The maximum atomic E-state index is 11.8. The van der Waals surface area contributed by atoms with Gasteiger partial charge in [-0.25, -0.2) is 0 Å². The minimum absolute atomic E-state index is 0.0450. The first kappa shape index (κ1) is 15.0. The number of rotatable bonds is 6. The molecule has 0 spiro atoms. The van der Waals surface area contributed by atoms with Gasteiger partial charge in [0.1, 0.15) is 0 Å². The minimum Gasteiger partial charge on any atom is -0.355 e. The molecule has 1 aliphatic carbocycles. The van der Waals surface area contributed by atoms with Crippen LogP contribution in [0.5, 0.6) is 0 Å². The van der Waals surface area contributed by atoms with Crippen molar-refractivity contribution in [3.05, 3.63) is 0 Å². The van der Waals surface area contributed by atoms with Gasteiger partial charge in [0.2, 0.25) is 11.8 Å².